The molecule has 204 valence electrons. The monoisotopic (exact) mass is 498 g/mol. The third-order valence-electron chi connectivity index (χ3n) is 6.37. The molecule has 2 aliphatic heterocycles. The van der Waals surface area contributed by atoms with Crippen LogP contribution in [0.5, 0.6) is 0 Å². The van der Waals surface area contributed by atoms with E-state index >= 15 is 0 Å². The molecule has 2 unspecified atom stereocenters. The maximum Gasteiger partial charge on any atom is 0.410 e. The molecular formula is C27H50N2O6. The molecule has 2 heterocycles. The maximum absolute atomic E-state index is 12.3. The Morgan fingerprint density at radius 2 is 1.40 bits per heavy atom. The van der Waals surface area contributed by atoms with Crippen molar-refractivity contribution in [2.24, 2.45) is 11.8 Å². The number of hydrogen-bond donors (Lipinski definition) is 1. The van der Waals surface area contributed by atoms with Crippen molar-refractivity contribution < 1.29 is 28.6 Å². The van der Waals surface area contributed by atoms with E-state index in [4.69, 9.17) is 14.2 Å². The van der Waals surface area contributed by atoms with Gasteiger partial charge in [-0.2, -0.15) is 0 Å². The Hall–Kier alpha value is -1.83. The third kappa shape index (κ3) is 12.1. The van der Waals surface area contributed by atoms with Crippen LogP contribution >= 0.6 is 0 Å². The van der Waals surface area contributed by atoms with Gasteiger partial charge in [-0.25, -0.2) is 4.79 Å². The number of carbonyl (C=O) groups excluding carboxylic acids is 3. The molecule has 2 rings (SSSR count). The fourth-order valence-electron chi connectivity index (χ4n) is 4.96. The first-order valence-electron chi connectivity index (χ1n) is 13.2. The molecule has 0 aromatic rings. The Morgan fingerprint density at radius 1 is 0.886 bits per heavy atom. The zero-order valence-electron chi connectivity index (χ0n) is 23.6. The van der Waals surface area contributed by atoms with Crippen molar-refractivity contribution in [3.63, 3.8) is 0 Å². The smallest absolute Gasteiger partial charge is 0.410 e. The minimum Gasteiger partial charge on any atom is -0.466 e. The molecule has 2 atom stereocenters. The quantitative estimate of drug-likeness (QED) is 0.403. The standard InChI is InChI=1S/C16H29NO4.C11H21NO2/c1-7-20-13(18)10-12-8-9-17(16(5,6)11-12)14(19)21-15(2,3)4;1-4-14-10(13)7-9-5-6-12-11(2,3)8-9/h12H,7-11H2,1-6H3;9,12H,4-8H2,1-3H3. The molecule has 35 heavy (non-hydrogen) atoms. The number of carbonyl (C=O) groups is 3. The van der Waals surface area contributed by atoms with Crippen molar-refractivity contribution in [2.45, 2.75) is 118 Å². The highest BCUT2D eigenvalue weighted by Crippen LogP contribution is 2.34. The topological polar surface area (TPSA) is 94.2 Å². The van der Waals surface area contributed by atoms with Gasteiger partial charge in [-0.1, -0.05) is 0 Å². The van der Waals surface area contributed by atoms with Crippen LogP contribution in [0.15, 0.2) is 0 Å². The highest BCUT2D eigenvalue weighted by molar-refractivity contribution is 5.71. The highest BCUT2D eigenvalue weighted by atomic mass is 16.6. The lowest BCUT2D eigenvalue weighted by Crippen LogP contribution is -2.54. The summed E-state index contributed by atoms with van der Waals surface area (Å²) >= 11 is 0. The van der Waals surface area contributed by atoms with E-state index in [1.807, 2.05) is 48.5 Å². The average molecular weight is 499 g/mol. The van der Waals surface area contributed by atoms with E-state index in [9.17, 15) is 14.4 Å². The van der Waals surface area contributed by atoms with Crippen molar-refractivity contribution in [1.29, 1.82) is 0 Å². The van der Waals surface area contributed by atoms with Gasteiger partial charge in [-0.15, -0.1) is 0 Å². The Morgan fingerprint density at radius 3 is 1.83 bits per heavy atom. The fourth-order valence-corrected chi connectivity index (χ4v) is 4.96. The SMILES string of the molecule is CCOC(=O)CC1CCN(C(=O)OC(C)(C)C)C(C)(C)C1.CCOC(=O)CC1CCNC(C)(C)C1. The summed E-state index contributed by atoms with van der Waals surface area (Å²) in [6.45, 7) is 20.2. The zero-order chi connectivity index (χ0) is 26.9. The zero-order valence-corrected chi connectivity index (χ0v) is 23.6. The van der Waals surface area contributed by atoms with Gasteiger partial charge in [0.05, 0.1) is 13.2 Å². The van der Waals surface area contributed by atoms with Gasteiger partial charge < -0.3 is 24.4 Å². The molecule has 0 aromatic heterocycles. The van der Waals surface area contributed by atoms with Crippen LogP contribution in [0.25, 0.3) is 0 Å². The third-order valence-corrected chi connectivity index (χ3v) is 6.37. The van der Waals surface area contributed by atoms with Gasteiger partial charge in [-0.3, -0.25) is 9.59 Å². The molecule has 1 N–H and O–H groups in total. The minimum atomic E-state index is -0.491. The molecule has 0 aliphatic carbocycles. The van der Waals surface area contributed by atoms with E-state index in [1.165, 1.54) is 0 Å². The number of hydrogen-bond acceptors (Lipinski definition) is 7. The van der Waals surface area contributed by atoms with Gasteiger partial charge in [0.25, 0.3) is 0 Å². The predicted octanol–water partition coefficient (Wildman–Crippen LogP) is 5.08. The number of rotatable bonds is 6. The molecule has 0 saturated carbocycles. The lowest BCUT2D eigenvalue weighted by Gasteiger charge is -2.45. The number of nitrogens with zero attached hydrogens (tertiary/aromatic N) is 1. The van der Waals surface area contributed by atoms with Gasteiger partial charge in [0.1, 0.15) is 5.60 Å². The van der Waals surface area contributed by atoms with E-state index < -0.39 is 5.60 Å². The van der Waals surface area contributed by atoms with Crippen LogP contribution in [0.3, 0.4) is 0 Å². The minimum absolute atomic E-state index is 0.0461. The van der Waals surface area contributed by atoms with Crippen molar-refractivity contribution in [3.8, 4) is 0 Å². The molecule has 0 radical (unpaired) electrons. The molecule has 8 heteroatoms. The summed E-state index contributed by atoms with van der Waals surface area (Å²) in [5.41, 5.74) is -0.623. The number of nitrogens with one attached hydrogen (secondary N) is 1. The predicted molar refractivity (Wildman–Crippen MR) is 137 cm³/mol. The van der Waals surface area contributed by atoms with Crippen molar-refractivity contribution in [2.75, 3.05) is 26.3 Å². The van der Waals surface area contributed by atoms with Crippen LogP contribution in [0.4, 0.5) is 4.79 Å². The van der Waals surface area contributed by atoms with Crippen molar-refractivity contribution >= 4 is 18.0 Å². The average Bonchev–Trinajstić information content (AvgIpc) is 2.65. The normalized spacial score (nSPS) is 23.4. The van der Waals surface area contributed by atoms with Gasteiger partial charge in [-0.05, 0) is 106 Å². The molecule has 0 aromatic carbocycles. The Bertz CT molecular complexity index is 698. The van der Waals surface area contributed by atoms with Gasteiger partial charge in [0, 0.05) is 30.5 Å². The van der Waals surface area contributed by atoms with Crippen molar-refractivity contribution in [1.82, 2.24) is 10.2 Å². The van der Waals surface area contributed by atoms with Gasteiger partial charge in [0.15, 0.2) is 0 Å². The Kier molecular flexibility index (Phi) is 12.0. The lowest BCUT2D eigenvalue weighted by atomic mass is 9.81. The van der Waals surface area contributed by atoms with Crippen LogP contribution in [0.2, 0.25) is 0 Å². The fraction of sp³-hybridized carbons (Fsp3) is 0.889. The second-order valence-corrected chi connectivity index (χ2v) is 12.0. The summed E-state index contributed by atoms with van der Waals surface area (Å²) in [4.78, 5) is 36.9. The number of ether oxygens (including phenoxy) is 3. The summed E-state index contributed by atoms with van der Waals surface area (Å²) in [6, 6.07) is 0. The first-order chi connectivity index (χ1) is 16.1. The second-order valence-electron chi connectivity index (χ2n) is 12.0. The summed E-state index contributed by atoms with van der Waals surface area (Å²) in [5.74, 6) is 0.558. The summed E-state index contributed by atoms with van der Waals surface area (Å²) < 4.78 is 15.4. The number of amides is 1. The van der Waals surface area contributed by atoms with Crippen LogP contribution in [0, 0.1) is 11.8 Å². The molecular weight excluding hydrogens is 448 g/mol. The van der Waals surface area contributed by atoms with Crippen LogP contribution < -0.4 is 5.32 Å². The summed E-state index contributed by atoms with van der Waals surface area (Å²) in [5, 5.41) is 3.44. The number of likely N-dealkylation sites (tertiary alicyclic amines) is 1. The summed E-state index contributed by atoms with van der Waals surface area (Å²) in [6.07, 6.45) is 4.47. The number of esters is 2. The van der Waals surface area contributed by atoms with E-state index in [0.717, 1.165) is 32.2 Å². The molecule has 8 nitrogen and oxygen atoms in total. The van der Waals surface area contributed by atoms with Crippen molar-refractivity contribution in [3.05, 3.63) is 0 Å². The van der Waals surface area contributed by atoms with E-state index in [-0.39, 0.29) is 35.0 Å². The van der Waals surface area contributed by atoms with Crippen LogP contribution in [-0.2, 0) is 23.8 Å². The first-order valence-corrected chi connectivity index (χ1v) is 13.2. The van der Waals surface area contributed by atoms with E-state index in [2.05, 4.69) is 19.2 Å². The molecule has 2 aliphatic rings. The summed E-state index contributed by atoms with van der Waals surface area (Å²) in [7, 11) is 0. The molecule has 1 amide bonds. The van der Waals surface area contributed by atoms with Gasteiger partial charge in [0.2, 0.25) is 0 Å². The van der Waals surface area contributed by atoms with E-state index in [1.54, 1.807) is 4.90 Å². The second kappa shape index (κ2) is 13.5. The van der Waals surface area contributed by atoms with E-state index in [0.29, 0.717) is 38.5 Å². The maximum atomic E-state index is 12.3. The lowest BCUT2D eigenvalue weighted by molar-refractivity contribution is -0.145. The van der Waals surface area contributed by atoms with Crippen LogP contribution in [0.1, 0.15) is 101 Å². The molecule has 0 bridgehead atoms. The molecule has 2 fully saturated rings. The van der Waals surface area contributed by atoms with Crippen LogP contribution in [-0.4, -0.2) is 65.9 Å². The van der Waals surface area contributed by atoms with Gasteiger partial charge >= 0.3 is 18.0 Å². The largest absolute Gasteiger partial charge is 0.466 e. The molecule has 0 spiro atoms. The number of piperidine rings is 2. The Labute approximate surface area is 212 Å². The first kappa shape index (κ1) is 31.2. The highest BCUT2D eigenvalue weighted by Gasteiger charge is 2.40. The molecule has 2 saturated heterocycles. The Balaban J connectivity index is 0.000000379.